The summed E-state index contributed by atoms with van der Waals surface area (Å²) in [7, 11) is -3.57. The van der Waals surface area contributed by atoms with E-state index in [0.29, 0.717) is 23.0 Å². The summed E-state index contributed by atoms with van der Waals surface area (Å²) in [5.74, 6) is -0.0592. The molecule has 0 atom stereocenters. The topological polar surface area (TPSA) is 66.5 Å². The molecule has 0 spiro atoms. The summed E-state index contributed by atoms with van der Waals surface area (Å²) in [4.78, 5) is 12.5. The first-order chi connectivity index (χ1) is 13.3. The fourth-order valence-electron chi connectivity index (χ4n) is 3.32. The highest BCUT2D eigenvalue weighted by atomic mass is 32.2. The number of rotatable bonds is 7. The van der Waals surface area contributed by atoms with Crippen molar-refractivity contribution in [3.63, 3.8) is 0 Å². The Morgan fingerprint density at radius 2 is 1.71 bits per heavy atom. The summed E-state index contributed by atoms with van der Waals surface area (Å²) >= 11 is 0. The largest absolute Gasteiger partial charge is 0.349 e. The Balaban J connectivity index is 1.55. The fraction of sp³-hybridized carbons (Fsp3) is 0.409. The molecule has 5 nitrogen and oxygen atoms in total. The summed E-state index contributed by atoms with van der Waals surface area (Å²) in [5.41, 5.74) is 3.21. The highest BCUT2D eigenvalue weighted by Crippen LogP contribution is 2.34. The Bertz CT molecular complexity index is 991. The second-order valence-electron chi connectivity index (χ2n) is 8.00. The molecule has 6 heteroatoms. The summed E-state index contributed by atoms with van der Waals surface area (Å²) < 4.78 is 28.3. The van der Waals surface area contributed by atoms with Crippen molar-refractivity contribution in [1.29, 1.82) is 0 Å². The summed E-state index contributed by atoms with van der Waals surface area (Å²) in [6, 6.07) is 13.2. The lowest BCUT2D eigenvalue weighted by molar-refractivity contribution is 0.0951. The summed E-state index contributed by atoms with van der Waals surface area (Å²) in [6.45, 7) is 4.07. The number of carbonyl (C=O) groups is 1. The molecule has 0 heterocycles. The van der Waals surface area contributed by atoms with Crippen LogP contribution >= 0.6 is 0 Å². The minimum absolute atomic E-state index is 0.0581. The second kappa shape index (κ2) is 7.33. The van der Waals surface area contributed by atoms with Crippen molar-refractivity contribution in [3.05, 3.63) is 64.7 Å². The highest BCUT2D eigenvalue weighted by molar-refractivity contribution is 7.89. The molecule has 2 aromatic rings. The minimum Gasteiger partial charge on any atom is -0.349 e. The van der Waals surface area contributed by atoms with E-state index in [1.165, 1.54) is 0 Å². The van der Waals surface area contributed by atoms with E-state index in [4.69, 9.17) is 0 Å². The van der Waals surface area contributed by atoms with Gasteiger partial charge in [0.05, 0.1) is 4.90 Å². The minimum atomic E-state index is -3.57. The first-order valence-corrected chi connectivity index (χ1v) is 11.3. The van der Waals surface area contributed by atoms with Gasteiger partial charge in [-0.25, -0.2) is 8.42 Å². The molecule has 28 heavy (non-hydrogen) atoms. The number of benzene rings is 2. The molecule has 0 unspecified atom stereocenters. The summed E-state index contributed by atoms with van der Waals surface area (Å²) in [5, 5.41) is 2.97. The zero-order chi connectivity index (χ0) is 19.9. The van der Waals surface area contributed by atoms with Crippen LogP contribution in [-0.2, 0) is 16.6 Å². The normalized spacial score (nSPS) is 17.0. The third-order valence-corrected chi connectivity index (χ3v) is 7.39. The van der Waals surface area contributed by atoms with Gasteiger partial charge in [-0.3, -0.25) is 4.79 Å². The molecule has 0 saturated heterocycles. The van der Waals surface area contributed by atoms with Gasteiger partial charge in [-0.05, 0) is 74.4 Å². The maximum absolute atomic E-state index is 13.4. The first-order valence-electron chi connectivity index (χ1n) is 9.83. The monoisotopic (exact) mass is 398 g/mol. The van der Waals surface area contributed by atoms with E-state index in [0.717, 1.165) is 42.4 Å². The van der Waals surface area contributed by atoms with E-state index < -0.39 is 10.0 Å². The van der Waals surface area contributed by atoms with E-state index in [-0.39, 0.29) is 11.9 Å². The third-order valence-electron chi connectivity index (χ3n) is 5.35. The standard InChI is InChI=1S/C22H26N2O3S/c1-15-3-4-16(2)21(13-15)28(26,27)24(20-11-12-20)14-17-5-7-18(8-6-17)22(25)23-19-9-10-19/h3-8,13,19-20H,9-12,14H2,1-2H3,(H,23,25). The zero-order valence-corrected chi connectivity index (χ0v) is 17.1. The number of carbonyl (C=O) groups excluding carboxylic acids is 1. The lowest BCUT2D eigenvalue weighted by Gasteiger charge is -2.23. The van der Waals surface area contributed by atoms with Crippen molar-refractivity contribution in [1.82, 2.24) is 9.62 Å². The summed E-state index contributed by atoms with van der Waals surface area (Å²) in [6.07, 6.45) is 3.89. The van der Waals surface area contributed by atoms with Gasteiger partial charge < -0.3 is 5.32 Å². The number of amides is 1. The molecule has 148 valence electrons. The Kier molecular flexibility index (Phi) is 5.02. The van der Waals surface area contributed by atoms with Crippen LogP contribution in [0.1, 0.15) is 52.7 Å². The molecular weight excluding hydrogens is 372 g/mol. The van der Waals surface area contributed by atoms with Gasteiger partial charge in [-0.15, -0.1) is 0 Å². The SMILES string of the molecule is Cc1ccc(C)c(S(=O)(=O)N(Cc2ccc(C(=O)NC3CC3)cc2)C2CC2)c1. The maximum Gasteiger partial charge on any atom is 0.251 e. The Labute approximate surface area is 166 Å². The van der Waals surface area contributed by atoms with Crippen molar-refractivity contribution in [2.45, 2.75) is 63.1 Å². The molecule has 2 saturated carbocycles. The number of sulfonamides is 1. The predicted molar refractivity (Wildman–Crippen MR) is 109 cm³/mol. The first kappa shape index (κ1) is 19.2. The smallest absolute Gasteiger partial charge is 0.251 e. The fourth-order valence-corrected chi connectivity index (χ4v) is 5.31. The van der Waals surface area contributed by atoms with Crippen LogP contribution in [0.3, 0.4) is 0 Å². The van der Waals surface area contributed by atoms with Gasteiger partial charge in [0.25, 0.3) is 5.91 Å². The quantitative estimate of drug-likeness (QED) is 0.776. The van der Waals surface area contributed by atoms with Crippen LogP contribution in [0.5, 0.6) is 0 Å². The lowest BCUT2D eigenvalue weighted by atomic mass is 10.1. The molecule has 2 aliphatic carbocycles. The van der Waals surface area contributed by atoms with Crippen molar-refractivity contribution in [3.8, 4) is 0 Å². The Morgan fingerprint density at radius 3 is 2.32 bits per heavy atom. The van der Waals surface area contributed by atoms with Gasteiger partial charge in [0.1, 0.15) is 0 Å². The molecule has 0 aliphatic heterocycles. The number of aryl methyl sites for hydroxylation is 2. The van der Waals surface area contributed by atoms with E-state index >= 15 is 0 Å². The van der Waals surface area contributed by atoms with Crippen molar-refractivity contribution < 1.29 is 13.2 Å². The molecule has 2 fully saturated rings. The molecule has 0 aromatic heterocycles. The average Bonchev–Trinajstić information content (AvgIpc) is 3.57. The highest BCUT2D eigenvalue weighted by Gasteiger charge is 2.38. The van der Waals surface area contributed by atoms with E-state index in [1.54, 1.807) is 22.5 Å². The zero-order valence-electron chi connectivity index (χ0n) is 16.3. The van der Waals surface area contributed by atoms with Gasteiger partial charge >= 0.3 is 0 Å². The molecule has 0 radical (unpaired) electrons. The number of nitrogens with one attached hydrogen (secondary N) is 1. The Morgan fingerprint density at radius 1 is 1.04 bits per heavy atom. The van der Waals surface area contributed by atoms with Crippen molar-refractivity contribution in [2.75, 3.05) is 0 Å². The molecule has 4 rings (SSSR count). The molecule has 2 aliphatic rings. The van der Waals surface area contributed by atoms with Crippen LogP contribution in [0.25, 0.3) is 0 Å². The number of hydrogen-bond acceptors (Lipinski definition) is 3. The van der Waals surface area contributed by atoms with Gasteiger partial charge in [0.2, 0.25) is 10.0 Å². The van der Waals surface area contributed by atoms with Gasteiger partial charge in [-0.1, -0.05) is 24.3 Å². The molecule has 1 amide bonds. The maximum atomic E-state index is 13.4. The van der Waals surface area contributed by atoms with Crippen molar-refractivity contribution >= 4 is 15.9 Å². The van der Waals surface area contributed by atoms with Gasteiger partial charge in [0.15, 0.2) is 0 Å². The predicted octanol–water partition coefficient (Wildman–Crippen LogP) is 3.55. The third kappa shape index (κ3) is 4.13. The van der Waals surface area contributed by atoms with Crippen LogP contribution in [0.2, 0.25) is 0 Å². The van der Waals surface area contributed by atoms with Gasteiger partial charge in [0, 0.05) is 24.2 Å². The average molecular weight is 399 g/mol. The van der Waals surface area contributed by atoms with Crippen LogP contribution in [0.15, 0.2) is 47.4 Å². The Hall–Kier alpha value is -2.18. The van der Waals surface area contributed by atoms with Crippen molar-refractivity contribution in [2.24, 2.45) is 0 Å². The van der Waals surface area contributed by atoms with Gasteiger partial charge in [-0.2, -0.15) is 4.31 Å². The lowest BCUT2D eigenvalue weighted by Crippen LogP contribution is -2.33. The second-order valence-corrected chi connectivity index (χ2v) is 9.85. The molecule has 1 N–H and O–H groups in total. The van der Waals surface area contributed by atoms with E-state index in [2.05, 4.69) is 5.32 Å². The van der Waals surface area contributed by atoms with Crippen LogP contribution < -0.4 is 5.32 Å². The van der Waals surface area contributed by atoms with Crippen LogP contribution in [0.4, 0.5) is 0 Å². The van der Waals surface area contributed by atoms with E-state index in [9.17, 15) is 13.2 Å². The number of hydrogen-bond donors (Lipinski definition) is 1. The molecule has 0 bridgehead atoms. The number of nitrogens with zero attached hydrogens (tertiary/aromatic N) is 1. The van der Waals surface area contributed by atoms with E-state index in [1.807, 2.05) is 38.1 Å². The van der Waals surface area contributed by atoms with Crippen LogP contribution in [-0.4, -0.2) is 30.7 Å². The molecular formula is C22H26N2O3S. The molecule has 2 aromatic carbocycles. The van der Waals surface area contributed by atoms with Crippen LogP contribution in [0, 0.1) is 13.8 Å².